The summed E-state index contributed by atoms with van der Waals surface area (Å²) in [5.74, 6) is -0.159. The van der Waals surface area contributed by atoms with Crippen molar-refractivity contribution in [3.8, 4) is 5.75 Å². The fourth-order valence-electron chi connectivity index (χ4n) is 1.75. The van der Waals surface area contributed by atoms with Crippen LogP contribution in [0.4, 0.5) is 11.4 Å². The SMILES string of the molecule is CN=NCN=Nc1c(SOOO)cc2ccc([NH-])cc2c1O.[W].[W].[W]. The summed E-state index contributed by atoms with van der Waals surface area (Å²) in [6.07, 6.45) is 0. The molecule has 2 aromatic carbocycles. The summed E-state index contributed by atoms with van der Waals surface area (Å²) in [6.45, 7) is 0.00786. The van der Waals surface area contributed by atoms with E-state index in [-0.39, 0.29) is 87.0 Å². The molecule has 2 rings (SSSR count). The molecule has 0 unspecified atom stereocenters. The van der Waals surface area contributed by atoms with Gasteiger partial charge in [0.05, 0.1) is 16.9 Å². The topological polar surface area (TPSA) is 132 Å². The van der Waals surface area contributed by atoms with Crippen LogP contribution >= 0.6 is 12.0 Å². The van der Waals surface area contributed by atoms with Crippen LogP contribution in [-0.2, 0) is 72.6 Å². The van der Waals surface area contributed by atoms with Crippen molar-refractivity contribution in [2.75, 3.05) is 13.7 Å². The molecule has 0 aliphatic rings. The standard InChI is InChI=1S/C12H12N5O4S.3W/c1-14-15-6-16-17-11-10(22-21-20-19)4-7-2-3-8(13)5-9(7)12(11)18;;;/h2-5H,6H2,1H3,(H3-,13,14,15,16,17,18,19);;;/q-1;;;. The minimum atomic E-state index is -0.159. The molecule has 9 nitrogen and oxygen atoms in total. The second kappa shape index (κ2) is 13.9. The molecular weight excluding hydrogens is 862 g/mol. The molecule has 134 valence electrons. The fraction of sp³-hybridized carbons (Fsp3) is 0.167. The van der Waals surface area contributed by atoms with E-state index in [2.05, 4.69) is 29.8 Å². The number of nitrogens with one attached hydrogen (secondary N) is 1. The van der Waals surface area contributed by atoms with Crippen LogP contribution in [0.5, 0.6) is 5.75 Å². The molecule has 0 amide bonds. The first-order valence-corrected chi connectivity index (χ1v) is 6.70. The van der Waals surface area contributed by atoms with Crippen molar-refractivity contribution in [3.63, 3.8) is 0 Å². The predicted molar refractivity (Wildman–Crippen MR) is 80.4 cm³/mol. The van der Waals surface area contributed by atoms with Gasteiger partial charge in [-0.1, -0.05) is 23.2 Å². The largest absolute Gasteiger partial charge is 0.699 e. The second-order valence-electron chi connectivity index (χ2n) is 3.96. The number of benzene rings is 2. The smallest absolute Gasteiger partial charge is 0.171 e. The summed E-state index contributed by atoms with van der Waals surface area (Å²) < 4.78 is 4.40. The van der Waals surface area contributed by atoms with Gasteiger partial charge in [-0.25, -0.2) is 5.26 Å². The molecule has 0 aliphatic heterocycles. The Morgan fingerprint density at radius 1 is 1.16 bits per heavy atom. The summed E-state index contributed by atoms with van der Waals surface area (Å²) in [5, 5.41) is 38.1. The van der Waals surface area contributed by atoms with Gasteiger partial charge >= 0.3 is 0 Å². The zero-order valence-electron chi connectivity index (χ0n) is 12.6. The number of phenolic OH excluding ortho intramolecular Hbond substituents is 1. The summed E-state index contributed by atoms with van der Waals surface area (Å²) in [4.78, 5) is 0.369. The zero-order valence-corrected chi connectivity index (χ0v) is 22.3. The number of azo groups is 2. The Kier molecular flexibility index (Phi) is 15.1. The van der Waals surface area contributed by atoms with E-state index < -0.39 is 0 Å². The van der Waals surface area contributed by atoms with Gasteiger partial charge in [-0.15, -0.1) is 15.1 Å². The predicted octanol–water partition coefficient (Wildman–Crippen LogP) is 4.77. The van der Waals surface area contributed by atoms with Gasteiger partial charge in [-0.3, -0.25) is 0 Å². The number of hydrogen-bond donors (Lipinski definition) is 2. The van der Waals surface area contributed by atoms with E-state index in [1.165, 1.54) is 13.1 Å². The van der Waals surface area contributed by atoms with Crippen LogP contribution in [-0.4, -0.2) is 24.1 Å². The Morgan fingerprint density at radius 3 is 2.52 bits per heavy atom. The van der Waals surface area contributed by atoms with Gasteiger partial charge in [0, 0.05) is 75.6 Å². The molecule has 0 saturated carbocycles. The second-order valence-corrected chi connectivity index (χ2v) is 4.70. The molecule has 0 atom stereocenters. The van der Waals surface area contributed by atoms with Gasteiger partial charge < -0.3 is 10.8 Å². The molecular formula is C12H12N5O4SW3-. The van der Waals surface area contributed by atoms with Crippen LogP contribution in [0, 0.1) is 0 Å². The van der Waals surface area contributed by atoms with Gasteiger partial charge in [0.25, 0.3) is 0 Å². The summed E-state index contributed by atoms with van der Waals surface area (Å²) in [5.41, 5.74) is 7.99. The molecule has 13 heteroatoms. The van der Waals surface area contributed by atoms with Crippen molar-refractivity contribution < 1.29 is 82.9 Å². The molecule has 3 N–H and O–H groups in total. The molecule has 0 bridgehead atoms. The van der Waals surface area contributed by atoms with Crippen molar-refractivity contribution >= 4 is 34.2 Å². The molecule has 0 fully saturated rings. The normalized spacial score (nSPS) is 10.5. The van der Waals surface area contributed by atoms with Crippen molar-refractivity contribution in [1.82, 2.24) is 0 Å². The maximum atomic E-state index is 10.3. The van der Waals surface area contributed by atoms with E-state index in [0.29, 0.717) is 27.7 Å². The number of fused-ring (bicyclic) bond motifs is 1. The van der Waals surface area contributed by atoms with E-state index in [0.717, 1.165) is 0 Å². The monoisotopic (exact) mass is 874 g/mol. The molecule has 25 heavy (non-hydrogen) atoms. The van der Waals surface area contributed by atoms with E-state index in [1.807, 2.05) is 0 Å². The number of hydrogen-bond acceptors (Lipinski definition) is 9. The minimum Gasteiger partial charge on any atom is -0.699 e. The van der Waals surface area contributed by atoms with Crippen molar-refractivity contribution in [2.24, 2.45) is 20.5 Å². The number of aromatic hydroxyl groups is 1. The quantitative estimate of drug-likeness (QED) is 0.187. The third kappa shape index (κ3) is 7.51. The Labute approximate surface area is 190 Å². The Hall–Kier alpha value is -0.205. The van der Waals surface area contributed by atoms with E-state index in [1.54, 1.807) is 18.2 Å². The van der Waals surface area contributed by atoms with Crippen LogP contribution in [0.3, 0.4) is 0 Å². The third-order valence-corrected chi connectivity index (χ3v) is 3.27. The number of phenols is 1. The first-order chi connectivity index (χ1) is 10.7. The third-order valence-electron chi connectivity index (χ3n) is 2.65. The van der Waals surface area contributed by atoms with Crippen molar-refractivity contribution in [3.05, 3.63) is 30.0 Å². The average molecular weight is 874 g/mol. The summed E-state index contributed by atoms with van der Waals surface area (Å²) in [6, 6.07) is 6.43. The molecule has 0 spiro atoms. The average Bonchev–Trinajstić information content (AvgIpc) is 2.52. The van der Waals surface area contributed by atoms with Gasteiger partial charge in [0.2, 0.25) is 0 Å². The maximum absolute atomic E-state index is 10.3. The Morgan fingerprint density at radius 2 is 1.88 bits per heavy atom. The van der Waals surface area contributed by atoms with Crippen LogP contribution in [0.25, 0.3) is 16.5 Å². The summed E-state index contributed by atoms with van der Waals surface area (Å²) in [7, 11) is 1.51. The fourth-order valence-corrected chi connectivity index (χ4v) is 2.24. The van der Waals surface area contributed by atoms with E-state index in [9.17, 15) is 5.11 Å². The molecule has 0 radical (unpaired) electrons. The van der Waals surface area contributed by atoms with Gasteiger partial charge in [0.1, 0.15) is 5.69 Å². The van der Waals surface area contributed by atoms with Crippen LogP contribution < -0.4 is 0 Å². The number of rotatable bonds is 6. The van der Waals surface area contributed by atoms with Crippen molar-refractivity contribution in [1.29, 1.82) is 0 Å². The minimum absolute atomic E-state index is 0. The molecule has 0 aliphatic carbocycles. The van der Waals surface area contributed by atoms with E-state index in [4.69, 9.17) is 11.0 Å². The summed E-state index contributed by atoms with van der Waals surface area (Å²) >= 11 is 0.657. The van der Waals surface area contributed by atoms with Crippen LogP contribution in [0.2, 0.25) is 0 Å². The van der Waals surface area contributed by atoms with Crippen molar-refractivity contribution in [2.45, 2.75) is 4.90 Å². The van der Waals surface area contributed by atoms with Gasteiger partial charge in [0.15, 0.2) is 12.4 Å². The van der Waals surface area contributed by atoms with Gasteiger partial charge in [-0.05, 0) is 11.5 Å². The molecule has 0 aromatic heterocycles. The Bertz CT molecular complexity index is 735. The van der Waals surface area contributed by atoms with E-state index >= 15 is 0 Å². The molecule has 0 saturated heterocycles. The maximum Gasteiger partial charge on any atom is 0.171 e. The first-order valence-electron chi connectivity index (χ1n) is 5.96. The Balaban J connectivity index is 0. The molecule has 0 heterocycles. The molecule has 2 aromatic rings. The van der Waals surface area contributed by atoms with Crippen LogP contribution in [0.15, 0.2) is 49.6 Å². The zero-order chi connectivity index (χ0) is 15.9. The number of nitrogens with zero attached hydrogens (tertiary/aromatic N) is 4. The first kappa shape index (κ1) is 27.0. The van der Waals surface area contributed by atoms with Crippen LogP contribution in [0.1, 0.15) is 0 Å². The van der Waals surface area contributed by atoms with Gasteiger partial charge in [-0.2, -0.15) is 15.3 Å².